The third-order valence-electron chi connectivity index (χ3n) is 4.45. The number of hydrogen-bond donors (Lipinski definition) is 3. The van der Waals surface area contributed by atoms with E-state index in [0.29, 0.717) is 29.6 Å². The maximum Gasteiger partial charge on any atom is 0.328 e. The van der Waals surface area contributed by atoms with Crippen molar-refractivity contribution in [3.05, 3.63) is 52.1 Å². The van der Waals surface area contributed by atoms with Crippen molar-refractivity contribution in [3.63, 3.8) is 0 Å². The predicted molar refractivity (Wildman–Crippen MR) is 97.9 cm³/mol. The average molecular weight is 391 g/mol. The van der Waals surface area contributed by atoms with Gasteiger partial charge in [0, 0.05) is 42.9 Å². The van der Waals surface area contributed by atoms with Crippen molar-refractivity contribution in [2.45, 2.75) is 6.42 Å². The molecule has 0 unspecified atom stereocenters. The summed E-state index contributed by atoms with van der Waals surface area (Å²) < 4.78 is 0. The minimum atomic E-state index is -1.26. The molecule has 28 heavy (non-hydrogen) atoms. The Hall–Kier alpha value is -3.27. The van der Waals surface area contributed by atoms with Gasteiger partial charge < -0.3 is 20.4 Å². The second kappa shape index (κ2) is 9.60. The molecule has 2 aliphatic rings. The monoisotopic (exact) mass is 391 g/mol. The van der Waals surface area contributed by atoms with E-state index < -0.39 is 16.9 Å². The van der Waals surface area contributed by atoms with Crippen molar-refractivity contribution in [1.29, 1.82) is 0 Å². The molecule has 10 heteroatoms. The van der Waals surface area contributed by atoms with E-state index >= 15 is 0 Å². The number of fused-ring (bicyclic) bond motifs is 2. The van der Waals surface area contributed by atoms with Crippen LogP contribution in [0.3, 0.4) is 0 Å². The zero-order valence-electron chi connectivity index (χ0n) is 15.0. The number of aliphatic carboxylic acids is 2. The fourth-order valence-electron chi connectivity index (χ4n) is 3.35. The van der Waals surface area contributed by atoms with Crippen LogP contribution in [0.25, 0.3) is 0 Å². The van der Waals surface area contributed by atoms with Crippen LogP contribution in [0.4, 0.5) is 5.69 Å². The topological polar surface area (TPSA) is 150 Å². The number of nitro groups is 1. The first-order valence-corrected chi connectivity index (χ1v) is 8.64. The first kappa shape index (κ1) is 21.0. The summed E-state index contributed by atoms with van der Waals surface area (Å²) in [6.45, 7) is 3.39. The van der Waals surface area contributed by atoms with E-state index in [4.69, 9.17) is 10.2 Å². The normalized spacial score (nSPS) is 20.8. The van der Waals surface area contributed by atoms with Crippen molar-refractivity contribution in [3.8, 4) is 0 Å². The van der Waals surface area contributed by atoms with Gasteiger partial charge in [-0.2, -0.15) is 0 Å². The number of carbonyl (C=O) groups is 3. The molecule has 0 radical (unpaired) electrons. The van der Waals surface area contributed by atoms with Gasteiger partial charge in [-0.05, 0) is 37.4 Å². The van der Waals surface area contributed by atoms with Crippen molar-refractivity contribution < 1.29 is 29.5 Å². The summed E-state index contributed by atoms with van der Waals surface area (Å²) in [5, 5.41) is 29.8. The summed E-state index contributed by atoms with van der Waals surface area (Å²) in [6, 6.07) is 5.99. The first-order valence-electron chi connectivity index (χ1n) is 8.64. The number of carboxylic acids is 2. The summed E-state index contributed by atoms with van der Waals surface area (Å²) in [7, 11) is 0. The molecule has 0 saturated carbocycles. The number of rotatable bonds is 4. The second-order valence-electron chi connectivity index (χ2n) is 6.65. The van der Waals surface area contributed by atoms with Crippen LogP contribution in [0.1, 0.15) is 16.8 Å². The maximum absolute atomic E-state index is 12.5. The molecule has 1 aromatic rings. The van der Waals surface area contributed by atoms with E-state index in [1.54, 1.807) is 12.1 Å². The smallest absolute Gasteiger partial charge is 0.328 e. The van der Waals surface area contributed by atoms with E-state index in [9.17, 15) is 24.5 Å². The van der Waals surface area contributed by atoms with Gasteiger partial charge in [0.1, 0.15) is 0 Å². The van der Waals surface area contributed by atoms with Crippen LogP contribution in [0, 0.1) is 22.0 Å². The largest absolute Gasteiger partial charge is 0.478 e. The van der Waals surface area contributed by atoms with Gasteiger partial charge in [-0.3, -0.25) is 14.9 Å². The number of hydrogen-bond acceptors (Lipinski definition) is 6. The fraction of sp³-hybridized carbons (Fsp3) is 0.389. The second-order valence-corrected chi connectivity index (χ2v) is 6.65. The lowest BCUT2D eigenvalue weighted by Crippen LogP contribution is -2.52. The number of likely N-dealkylation sites (tertiary alicyclic amines) is 1. The summed E-state index contributed by atoms with van der Waals surface area (Å²) >= 11 is 0. The van der Waals surface area contributed by atoms with Crippen LogP contribution >= 0.6 is 0 Å². The molecule has 0 spiro atoms. The molecule has 10 nitrogen and oxygen atoms in total. The fourth-order valence-corrected chi connectivity index (χ4v) is 3.35. The van der Waals surface area contributed by atoms with Crippen LogP contribution in [0.5, 0.6) is 0 Å². The summed E-state index contributed by atoms with van der Waals surface area (Å²) in [6.07, 6.45) is 2.29. The van der Waals surface area contributed by atoms with Crippen molar-refractivity contribution in [2.24, 2.45) is 11.8 Å². The van der Waals surface area contributed by atoms with E-state index in [0.717, 1.165) is 26.2 Å². The van der Waals surface area contributed by atoms with Crippen molar-refractivity contribution in [1.82, 2.24) is 10.2 Å². The number of non-ortho nitro benzene ring substituents is 1. The molecule has 3 rings (SSSR count). The third kappa shape index (κ3) is 6.16. The van der Waals surface area contributed by atoms with E-state index in [2.05, 4.69) is 5.32 Å². The van der Waals surface area contributed by atoms with Gasteiger partial charge in [-0.25, -0.2) is 9.59 Å². The zero-order chi connectivity index (χ0) is 20.7. The molecule has 2 aliphatic heterocycles. The number of carbonyl (C=O) groups excluding carboxylic acids is 1. The minimum absolute atomic E-state index is 0.0327. The van der Waals surface area contributed by atoms with Crippen LogP contribution in [-0.4, -0.2) is 64.1 Å². The summed E-state index contributed by atoms with van der Waals surface area (Å²) in [4.78, 5) is 43.8. The molecule has 2 fully saturated rings. The van der Waals surface area contributed by atoms with Crippen LogP contribution in [0.2, 0.25) is 0 Å². The number of nitrogens with one attached hydrogen (secondary N) is 1. The summed E-state index contributed by atoms with van der Waals surface area (Å²) in [5.74, 6) is -1.60. The molecule has 2 atom stereocenters. The highest BCUT2D eigenvalue weighted by Crippen LogP contribution is 2.26. The Kier molecular flexibility index (Phi) is 7.21. The van der Waals surface area contributed by atoms with Crippen LogP contribution < -0.4 is 5.32 Å². The van der Waals surface area contributed by atoms with E-state index in [1.165, 1.54) is 18.6 Å². The molecule has 1 aromatic carbocycles. The predicted octanol–water partition coefficient (Wildman–Crippen LogP) is 0.988. The lowest BCUT2D eigenvalue weighted by atomic mass is 9.85. The zero-order valence-corrected chi connectivity index (χ0v) is 15.0. The quantitative estimate of drug-likeness (QED) is 0.391. The number of amides is 1. The Balaban J connectivity index is 0.000000300. The number of benzene rings is 1. The molecule has 0 aromatic heterocycles. The Bertz CT molecular complexity index is 765. The highest BCUT2D eigenvalue weighted by Gasteiger charge is 2.33. The highest BCUT2D eigenvalue weighted by molar-refractivity contribution is 5.95. The Labute approximate surface area is 160 Å². The standard InChI is InChI=1S/C14H17N3O3.C4H4O4/c18-14(12-2-1-3-13(5-12)17(19)20)16-8-10-4-11(9-16)7-15-6-10;5-3(6)1-2-4(7)8/h1-3,5,10-11,15H,4,6-9H2;1-2H,(H,5,6)(H,7,8)/b;2-1+/t10-,11+;. The SMILES string of the molecule is O=C(O)/C=C/C(=O)O.O=C(c1cccc([N+](=O)[O-])c1)N1C[C@@H]2CNC[C@@H](C2)C1. The Morgan fingerprint density at radius 2 is 1.68 bits per heavy atom. The average Bonchev–Trinajstić information content (AvgIpc) is 2.66. The molecule has 2 bridgehead atoms. The lowest BCUT2D eigenvalue weighted by molar-refractivity contribution is -0.384. The molecule has 0 aliphatic carbocycles. The lowest BCUT2D eigenvalue weighted by Gasteiger charge is -2.41. The highest BCUT2D eigenvalue weighted by atomic mass is 16.6. The van der Waals surface area contributed by atoms with Crippen molar-refractivity contribution >= 4 is 23.5 Å². The van der Waals surface area contributed by atoms with Gasteiger partial charge >= 0.3 is 11.9 Å². The van der Waals surface area contributed by atoms with Gasteiger partial charge in [0.2, 0.25) is 0 Å². The van der Waals surface area contributed by atoms with Gasteiger partial charge in [0.25, 0.3) is 11.6 Å². The van der Waals surface area contributed by atoms with Gasteiger partial charge in [-0.1, -0.05) is 6.07 Å². The molecular formula is C18H21N3O7. The number of nitro benzene ring substituents is 1. The maximum atomic E-state index is 12.5. The molecule has 2 heterocycles. The van der Waals surface area contributed by atoms with E-state index in [1.807, 2.05) is 4.90 Å². The Morgan fingerprint density at radius 1 is 1.11 bits per heavy atom. The number of carboxylic acid groups (broad SMARTS) is 2. The molecule has 3 N–H and O–H groups in total. The molecule has 2 saturated heterocycles. The molecule has 150 valence electrons. The molecular weight excluding hydrogens is 370 g/mol. The van der Waals surface area contributed by atoms with Gasteiger partial charge in [-0.15, -0.1) is 0 Å². The third-order valence-corrected chi connectivity index (χ3v) is 4.45. The van der Waals surface area contributed by atoms with Gasteiger partial charge in [0.05, 0.1) is 4.92 Å². The van der Waals surface area contributed by atoms with Crippen molar-refractivity contribution in [2.75, 3.05) is 26.2 Å². The summed E-state index contributed by atoms with van der Waals surface area (Å²) in [5.41, 5.74) is 0.377. The molecule has 1 amide bonds. The Morgan fingerprint density at radius 3 is 2.18 bits per heavy atom. The number of nitrogens with zero attached hydrogens (tertiary/aromatic N) is 2. The van der Waals surface area contributed by atoms with Crippen LogP contribution in [0.15, 0.2) is 36.4 Å². The minimum Gasteiger partial charge on any atom is -0.478 e. The van der Waals surface area contributed by atoms with Gasteiger partial charge in [0.15, 0.2) is 0 Å². The number of piperidine rings is 2. The first-order chi connectivity index (χ1) is 13.3. The van der Waals surface area contributed by atoms with Crippen LogP contribution in [-0.2, 0) is 9.59 Å². The van der Waals surface area contributed by atoms with E-state index in [-0.39, 0.29) is 11.6 Å².